The number of benzene rings is 1. The van der Waals surface area contributed by atoms with Gasteiger partial charge in [0.1, 0.15) is 24.1 Å². The fourth-order valence-corrected chi connectivity index (χ4v) is 3.74. The van der Waals surface area contributed by atoms with Gasteiger partial charge in [-0.2, -0.15) is 0 Å². The van der Waals surface area contributed by atoms with Gasteiger partial charge in [0.05, 0.1) is 0 Å². The Balaban J connectivity index is 1.57. The summed E-state index contributed by atoms with van der Waals surface area (Å²) in [5.41, 5.74) is 0. The molecule has 0 aromatic heterocycles. The second kappa shape index (κ2) is 6.25. The van der Waals surface area contributed by atoms with Gasteiger partial charge in [-0.3, -0.25) is 0 Å². The zero-order valence-electron chi connectivity index (χ0n) is 14.9. The summed E-state index contributed by atoms with van der Waals surface area (Å²) >= 11 is 3.35. The monoisotopic (exact) mass is 428 g/mol. The zero-order chi connectivity index (χ0) is 18.7. The third-order valence-corrected chi connectivity index (χ3v) is 4.95. The fraction of sp³-hybridized carbons (Fsp3) is 0.611. The standard InChI is InChI=1S/C18H21BrO7/c1-17(2)23-11-12(24-17)14-16(26-18(3,4)25-14)22-13(11)15(20)21-10-7-5-9(19)6-8-10/h5-8,11-14,16H,1-4H3/t11-,12-,13+,14+,16-/m0/s1. The van der Waals surface area contributed by atoms with Gasteiger partial charge in [0, 0.05) is 4.47 Å². The molecule has 0 amide bonds. The molecule has 5 atom stereocenters. The lowest BCUT2D eigenvalue weighted by Crippen LogP contribution is -2.58. The molecule has 3 aliphatic rings. The van der Waals surface area contributed by atoms with Crippen LogP contribution < -0.4 is 4.74 Å². The summed E-state index contributed by atoms with van der Waals surface area (Å²) in [6, 6.07) is 6.97. The molecule has 3 aliphatic heterocycles. The quantitative estimate of drug-likeness (QED) is 0.529. The highest BCUT2D eigenvalue weighted by atomic mass is 79.9. The van der Waals surface area contributed by atoms with Gasteiger partial charge in [0.2, 0.25) is 0 Å². The number of carbonyl (C=O) groups is 1. The molecule has 4 rings (SSSR count). The third kappa shape index (κ3) is 3.42. The van der Waals surface area contributed by atoms with Crippen molar-refractivity contribution in [3.63, 3.8) is 0 Å². The first-order valence-corrected chi connectivity index (χ1v) is 9.27. The third-order valence-electron chi connectivity index (χ3n) is 4.42. The molecule has 26 heavy (non-hydrogen) atoms. The first kappa shape index (κ1) is 18.3. The van der Waals surface area contributed by atoms with Crippen molar-refractivity contribution in [3.8, 4) is 5.75 Å². The number of carbonyl (C=O) groups excluding carboxylic acids is 1. The molecule has 0 bridgehead atoms. The molecule has 0 radical (unpaired) electrons. The highest BCUT2D eigenvalue weighted by molar-refractivity contribution is 9.10. The van der Waals surface area contributed by atoms with E-state index in [1.807, 2.05) is 0 Å². The molecule has 0 aliphatic carbocycles. The minimum absolute atomic E-state index is 0.419. The highest BCUT2D eigenvalue weighted by Crippen LogP contribution is 2.44. The summed E-state index contributed by atoms with van der Waals surface area (Å²) in [6.07, 6.45) is -3.33. The summed E-state index contributed by atoms with van der Waals surface area (Å²) in [6.45, 7) is 7.16. The Labute approximate surface area is 160 Å². The van der Waals surface area contributed by atoms with E-state index >= 15 is 0 Å². The molecule has 0 spiro atoms. The van der Waals surface area contributed by atoms with Crippen LogP contribution in [0.1, 0.15) is 27.7 Å². The number of rotatable bonds is 2. The lowest BCUT2D eigenvalue weighted by molar-refractivity contribution is -0.236. The summed E-state index contributed by atoms with van der Waals surface area (Å²) in [5.74, 6) is -1.83. The first-order chi connectivity index (χ1) is 12.1. The molecule has 3 heterocycles. The Morgan fingerprint density at radius 1 is 0.923 bits per heavy atom. The molecule has 7 nitrogen and oxygen atoms in total. The van der Waals surface area contributed by atoms with Crippen LogP contribution in [0.15, 0.2) is 28.7 Å². The molecule has 142 valence electrons. The van der Waals surface area contributed by atoms with Crippen LogP contribution in [0.5, 0.6) is 5.75 Å². The Kier molecular flexibility index (Phi) is 4.41. The van der Waals surface area contributed by atoms with Crippen LogP contribution in [0.3, 0.4) is 0 Å². The highest BCUT2D eigenvalue weighted by Gasteiger charge is 2.62. The Morgan fingerprint density at radius 3 is 2.19 bits per heavy atom. The van der Waals surface area contributed by atoms with Gasteiger partial charge >= 0.3 is 5.97 Å². The normalized spacial score (nSPS) is 37.0. The van der Waals surface area contributed by atoms with Gasteiger partial charge in [-0.15, -0.1) is 0 Å². The van der Waals surface area contributed by atoms with E-state index in [4.69, 9.17) is 28.4 Å². The Morgan fingerprint density at radius 2 is 1.50 bits per heavy atom. The van der Waals surface area contributed by atoms with E-state index < -0.39 is 48.2 Å². The van der Waals surface area contributed by atoms with E-state index in [0.29, 0.717) is 5.75 Å². The van der Waals surface area contributed by atoms with Crippen molar-refractivity contribution in [1.82, 2.24) is 0 Å². The van der Waals surface area contributed by atoms with Gasteiger partial charge in [-0.25, -0.2) is 4.79 Å². The predicted octanol–water partition coefficient (Wildman–Crippen LogP) is 2.75. The number of ether oxygens (including phenoxy) is 6. The maximum Gasteiger partial charge on any atom is 0.343 e. The van der Waals surface area contributed by atoms with Crippen molar-refractivity contribution in [2.45, 2.75) is 70.0 Å². The van der Waals surface area contributed by atoms with Crippen LogP contribution in [-0.4, -0.2) is 48.2 Å². The average molecular weight is 429 g/mol. The number of hydrogen-bond donors (Lipinski definition) is 0. The van der Waals surface area contributed by atoms with Gasteiger partial charge in [-0.05, 0) is 52.0 Å². The molecule has 0 N–H and O–H groups in total. The first-order valence-electron chi connectivity index (χ1n) is 8.48. The summed E-state index contributed by atoms with van der Waals surface area (Å²) in [5, 5.41) is 0. The fourth-order valence-electron chi connectivity index (χ4n) is 3.48. The lowest BCUT2D eigenvalue weighted by Gasteiger charge is -2.35. The maximum atomic E-state index is 12.8. The van der Waals surface area contributed by atoms with Crippen molar-refractivity contribution in [2.24, 2.45) is 0 Å². The van der Waals surface area contributed by atoms with Crippen molar-refractivity contribution in [3.05, 3.63) is 28.7 Å². The van der Waals surface area contributed by atoms with Crippen molar-refractivity contribution < 1.29 is 33.2 Å². The topological polar surface area (TPSA) is 72.5 Å². The molecule has 0 unspecified atom stereocenters. The van der Waals surface area contributed by atoms with Crippen molar-refractivity contribution >= 4 is 21.9 Å². The van der Waals surface area contributed by atoms with Crippen LogP contribution in [0.2, 0.25) is 0 Å². The van der Waals surface area contributed by atoms with Gasteiger partial charge in [0.25, 0.3) is 0 Å². The van der Waals surface area contributed by atoms with E-state index in [-0.39, 0.29) is 0 Å². The van der Waals surface area contributed by atoms with Crippen LogP contribution >= 0.6 is 15.9 Å². The number of esters is 1. The van der Waals surface area contributed by atoms with Crippen LogP contribution in [0, 0.1) is 0 Å². The van der Waals surface area contributed by atoms with Gasteiger partial charge in [-0.1, -0.05) is 15.9 Å². The molecule has 3 saturated heterocycles. The predicted molar refractivity (Wildman–Crippen MR) is 92.3 cm³/mol. The molecule has 3 fully saturated rings. The largest absolute Gasteiger partial charge is 0.425 e. The molecular formula is C18H21BrO7. The number of hydrogen-bond acceptors (Lipinski definition) is 7. The van der Waals surface area contributed by atoms with Crippen LogP contribution in [0.25, 0.3) is 0 Å². The molecular weight excluding hydrogens is 408 g/mol. The molecule has 8 heteroatoms. The van der Waals surface area contributed by atoms with E-state index in [9.17, 15) is 4.79 Å². The van der Waals surface area contributed by atoms with E-state index in [2.05, 4.69) is 15.9 Å². The van der Waals surface area contributed by atoms with E-state index in [0.717, 1.165) is 4.47 Å². The van der Waals surface area contributed by atoms with Gasteiger partial charge < -0.3 is 28.4 Å². The minimum Gasteiger partial charge on any atom is -0.425 e. The molecule has 0 saturated carbocycles. The summed E-state index contributed by atoms with van der Waals surface area (Å²) in [4.78, 5) is 12.8. The minimum atomic E-state index is -0.982. The summed E-state index contributed by atoms with van der Waals surface area (Å²) in [7, 11) is 0. The second-order valence-electron chi connectivity index (χ2n) is 7.47. The van der Waals surface area contributed by atoms with Crippen LogP contribution in [-0.2, 0) is 28.5 Å². The zero-order valence-corrected chi connectivity index (χ0v) is 16.5. The van der Waals surface area contributed by atoms with E-state index in [1.54, 1.807) is 52.0 Å². The second-order valence-corrected chi connectivity index (χ2v) is 8.38. The number of halogens is 1. The van der Waals surface area contributed by atoms with Crippen molar-refractivity contribution in [2.75, 3.05) is 0 Å². The maximum absolute atomic E-state index is 12.8. The Bertz CT molecular complexity index is 702. The van der Waals surface area contributed by atoms with Crippen LogP contribution in [0.4, 0.5) is 0 Å². The molecule has 1 aromatic rings. The van der Waals surface area contributed by atoms with E-state index in [1.165, 1.54) is 0 Å². The van der Waals surface area contributed by atoms with Gasteiger partial charge in [0.15, 0.2) is 24.0 Å². The summed E-state index contributed by atoms with van der Waals surface area (Å²) < 4.78 is 35.8. The number of fused-ring (bicyclic) bond motifs is 3. The average Bonchev–Trinajstić information content (AvgIpc) is 3.02. The Hall–Kier alpha value is -1.03. The van der Waals surface area contributed by atoms with Crippen molar-refractivity contribution in [1.29, 1.82) is 0 Å². The lowest BCUT2D eigenvalue weighted by atomic mass is 9.99. The molecule has 1 aromatic carbocycles. The smallest absolute Gasteiger partial charge is 0.343 e. The SMILES string of the molecule is CC1(C)O[C@@H]2O[C@@H](C(=O)Oc3ccc(Br)cc3)[C@H]3OC(C)(C)O[C@@H]3[C@H]2O1.